The fourth-order valence-corrected chi connectivity index (χ4v) is 3.75. The summed E-state index contributed by atoms with van der Waals surface area (Å²) >= 11 is 0. The molecule has 170 valence electrons. The highest BCUT2D eigenvalue weighted by atomic mass is 16.6. The molecule has 0 atom stereocenters. The smallest absolute Gasteiger partial charge is 0.415 e. The van der Waals surface area contributed by atoms with Gasteiger partial charge in [0.25, 0.3) is 0 Å². The van der Waals surface area contributed by atoms with Crippen LogP contribution in [-0.2, 0) is 17.6 Å². The lowest BCUT2D eigenvalue weighted by Gasteiger charge is -2.34. The number of aryl methyl sites for hydroxylation is 1. The zero-order chi connectivity index (χ0) is 23.2. The summed E-state index contributed by atoms with van der Waals surface area (Å²) in [6.07, 6.45) is 3.71. The maximum Gasteiger partial charge on any atom is 0.415 e. The van der Waals surface area contributed by atoms with E-state index in [0.717, 1.165) is 23.5 Å². The van der Waals surface area contributed by atoms with Gasteiger partial charge < -0.3 is 19.6 Å². The van der Waals surface area contributed by atoms with Crippen LogP contribution in [0, 0.1) is 6.92 Å². The van der Waals surface area contributed by atoms with Crippen LogP contribution < -0.4 is 9.64 Å². The van der Waals surface area contributed by atoms with E-state index in [1.165, 1.54) is 5.56 Å². The van der Waals surface area contributed by atoms with Gasteiger partial charge in [0.05, 0.1) is 6.42 Å². The van der Waals surface area contributed by atoms with Crippen LogP contribution in [-0.4, -0.2) is 58.2 Å². The van der Waals surface area contributed by atoms with Gasteiger partial charge in [-0.2, -0.15) is 0 Å². The molecule has 1 aliphatic heterocycles. The molecule has 8 nitrogen and oxygen atoms in total. The SMILES string of the molecule is Cc1ccnc(Cc2ccc(OC(=O)N3CCN(c4ccc(CC(=O)O)cn4)CC3)cc2)c1. The number of ether oxygens (including phenoxy) is 1. The number of hydrogen-bond acceptors (Lipinski definition) is 6. The van der Waals surface area contributed by atoms with Crippen molar-refractivity contribution in [2.75, 3.05) is 31.1 Å². The first-order chi connectivity index (χ1) is 16.0. The number of benzene rings is 1. The maximum absolute atomic E-state index is 12.6. The Morgan fingerprint density at radius 2 is 1.70 bits per heavy atom. The zero-order valence-electron chi connectivity index (χ0n) is 18.5. The van der Waals surface area contributed by atoms with Crippen LogP contribution in [0.1, 0.15) is 22.4 Å². The standard InChI is InChI=1S/C25H26N4O4/c1-18-8-9-26-21(14-18)15-19-2-5-22(6-3-19)33-25(32)29-12-10-28(11-13-29)23-7-4-20(17-27-23)16-24(30)31/h2-9,14,17H,10-13,15-16H2,1H3,(H,30,31). The number of carbonyl (C=O) groups is 2. The first kappa shape index (κ1) is 22.3. The molecule has 0 unspecified atom stereocenters. The van der Waals surface area contributed by atoms with Gasteiger partial charge in [0.1, 0.15) is 11.6 Å². The van der Waals surface area contributed by atoms with Gasteiger partial charge >= 0.3 is 12.1 Å². The fourth-order valence-electron chi connectivity index (χ4n) is 3.75. The quantitative estimate of drug-likeness (QED) is 0.620. The van der Waals surface area contributed by atoms with Crippen LogP contribution in [0.25, 0.3) is 0 Å². The summed E-state index contributed by atoms with van der Waals surface area (Å²) in [4.78, 5) is 35.9. The third kappa shape index (κ3) is 6.06. The van der Waals surface area contributed by atoms with E-state index >= 15 is 0 Å². The average molecular weight is 447 g/mol. The molecular weight excluding hydrogens is 420 g/mol. The third-order valence-electron chi connectivity index (χ3n) is 5.51. The molecule has 0 saturated carbocycles. The molecule has 1 fully saturated rings. The van der Waals surface area contributed by atoms with E-state index in [9.17, 15) is 9.59 Å². The van der Waals surface area contributed by atoms with Gasteiger partial charge in [-0.1, -0.05) is 18.2 Å². The van der Waals surface area contributed by atoms with E-state index in [0.29, 0.717) is 37.5 Å². The van der Waals surface area contributed by atoms with Crippen LogP contribution in [0.4, 0.5) is 10.6 Å². The van der Waals surface area contributed by atoms with Crippen molar-refractivity contribution in [3.8, 4) is 5.75 Å². The van der Waals surface area contributed by atoms with Crippen molar-refractivity contribution in [3.63, 3.8) is 0 Å². The molecule has 1 amide bonds. The van der Waals surface area contributed by atoms with Crippen LogP contribution in [0.5, 0.6) is 5.75 Å². The third-order valence-corrected chi connectivity index (χ3v) is 5.51. The number of carbonyl (C=O) groups excluding carboxylic acids is 1. The highest BCUT2D eigenvalue weighted by Crippen LogP contribution is 2.18. The van der Waals surface area contributed by atoms with E-state index in [1.807, 2.05) is 49.5 Å². The molecule has 2 aromatic heterocycles. The molecular formula is C25H26N4O4. The first-order valence-corrected chi connectivity index (χ1v) is 10.9. The molecule has 1 aliphatic rings. The number of aromatic nitrogens is 2. The number of carboxylic acids is 1. The molecule has 0 radical (unpaired) electrons. The highest BCUT2D eigenvalue weighted by Gasteiger charge is 2.23. The number of carboxylic acid groups (broad SMARTS) is 1. The van der Waals surface area contributed by atoms with Crippen LogP contribution in [0.3, 0.4) is 0 Å². The Bertz CT molecular complexity index is 1110. The van der Waals surface area contributed by atoms with Crippen molar-refractivity contribution in [2.24, 2.45) is 0 Å². The Kier molecular flexibility index (Phi) is 6.83. The molecule has 3 heterocycles. The van der Waals surface area contributed by atoms with Crippen molar-refractivity contribution < 1.29 is 19.4 Å². The Balaban J connectivity index is 1.27. The predicted molar refractivity (Wildman–Crippen MR) is 124 cm³/mol. The van der Waals surface area contributed by atoms with Crippen molar-refractivity contribution in [3.05, 3.63) is 83.3 Å². The number of pyridine rings is 2. The fraction of sp³-hybridized carbons (Fsp3) is 0.280. The highest BCUT2D eigenvalue weighted by molar-refractivity contribution is 5.71. The molecule has 0 bridgehead atoms. The van der Waals surface area contributed by atoms with Gasteiger partial charge in [-0.05, 0) is 53.9 Å². The van der Waals surface area contributed by atoms with E-state index < -0.39 is 5.97 Å². The van der Waals surface area contributed by atoms with Gasteiger partial charge in [-0.3, -0.25) is 9.78 Å². The molecule has 0 spiro atoms. The van der Waals surface area contributed by atoms with Crippen molar-refractivity contribution >= 4 is 17.9 Å². The number of hydrogen-bond donors (Lipinski definition) is 1. The Morgan fingerprint density at radius 3 is 2.33 bits per heavy atom. The van der Waals surface area contributed by atoms with Crippen LogP contribution in [0.15, 0.2) is 60.9 Å². The molecule has 0 aliphatic carbocycles. The van der Waals surface area contributed by atoms with Crippen molar-refractivity contribution in [1.29, 1.82) is 0 Å². The van der Waals surface area contributed by atoms with E-state index in [4.69, 9.17) is 9.84 Å². The number of rotatable bonds is 6. The normalized spacial score (nSPS) is 13.6. The molecule has 8 heteroatoms. The monoisotopic (exact) mass is 446 g/mol. The molecule has 4 rings (SSSR count). The van der Waals surface area contributed by atoms with E-state index in [2.05, 4.69) is 20.9 Å². The summed E-state index contributed by atoms with van der Waals surface area (Å²) in [5.41, 5.74) is 3.94. The molecule has 1 N–H and O–H groups in total. The van der Waals surface area contributed by atoms with Gasteiger partial charge in [-0.25, -0.2) is 9.78 Å². The van der Waals surface area contributed by atoms with Crippen LogP contribution in [0.2, 0.25) is 0 Å². The number of aliphatic carboxylic acids is 1. The molecule has 3 aromatic rings. The lowest BCUT2D eigenvalue weighted by atomic mass is 10.1. The van der Waals surface area contributed by atoms with Gasteiger partial charge in [0.2, 0.25) is 0 Å². The largest absolute Gasteiger partial charge is 0.481 e. The summed E-state index contributed by atoms with van der Waals surface area (Å²) in [6, 6.07) is 15.1. The number of nitrogens with zero attached hydrogens (tertiary/aromatic N) is 4. The minimum absolute atomic E-state index is 0.0449. The number of piperazine rings is 1. The second kappa shape index (κ2) is 10.1. The summed E-state index contributed by atoms with van der Waals surface area (Å²) in [7, 11) is 0. The minimum Gasteiger partial charge on any atom is -0.481 e. The predicted octanol–water partition coefficient (Wildman–Crippen LogP) is 3.32. The zero-order valence-corrected chi connectivity index (χ0v) is 18.5. The topological polar surface area (TPSA) is 95.9 Å². The first-order valence-electron chi connectivity index (χ1n) is 10.9. The number of anilines is 1. The summed E-state index contributed by atoms with van der Waals surface area (Å²) in [5, 5.41) is 8.86. The summed E-state index contributed by atoms with van der Waals surface area (Å²) < 4.78 is 5.55. The maximum atomic E-state index is 12.6. The van der Waals surface area contributed by atoms with Gasteiger partial charge in [-0.15, -0.1) is 0 Å². The second-order valence-electron chi connectivity index (χ2n) is 8.08. The lowest BCUT2D eigenvalue weighted by Crippen LogP contribution is -2.49. The minimum atomic E-state index is -0.880. The Hall–Kier alpha value is -3.94. The molecule has 33 heavy (non-hydrogen) atoms. The summed E-state index contributed by atoms with van der Waals surface area (Å²) in [5.74, 6) is 0.407. The van der Waals surface area contributed by atoms with E-state index in [-0.39, 0.29) is 12.5 Å². The van der Waals surface area contributed by atoms with Crippen molar-refractivity contribution in [1.82, 2.24) is 14.9 Å². The number of amides is 1. The van der Waals surface area contributed by atoms with Crippen LogP contribution >= 0.6 is 0 Å². The lowest BCUT2D eigenvalue weighted by molar-refractivity contribution is -0.136. The summed E-state index contributed by atoms with van der Waals surface area (Å²) in [6.45, 7) is 4.34. The molecule has 1 aromatic carbocycles. The molecule has 1 saturated heterocycles. The van der Waals surface area contributed by atoms with E-state index in [1.54, 1.807) is 17.2 Å². The Morgan fingerprint density at radius 1 is 0.970 bits per heavy atom. The second-order valence-corrected chi connectivity index (χ2v) is 8.08. The van der Waals surface area contributed by atoms with Gasteiger partial charge in [0.15, 0.2) is 0 Å². The van der Waals surface area contributed by atoms with Gasteiger partial charge in [0, 0.05) is 50.7 Å². The average Bonchev–Trinajstić information content (AvgIpc) is 2.81. The Labute approximate surface area is 192 Å². The van der Waals surface area contributed by atoms with Crippen molar-refractivity contribution in [2.45, 2.75) is 19.8 Å².